The van der Waals surface area contributed by atoms with Gasteiger partial charge in [0.05, 0.1) is 22.0 Å². The highest BCUT2D eigenvalue weighted by molar-refractivity contribution is 7.99. The van der Waals surface area contributed by atoms with Gasteiger partial charge in [-0.05, 0) is 37.1 Å². The summed E-state index contributed by atoms with van der Waals surface area (Å²) in [5, 5.41) is 12.8. The molecule has 3 heterocycles. The number of benzene rings is 1. The van der Waals surface area contributed by atoms with E-state index in [9.17, 15) is 9.18 Å². The molecule has 0 unspecified atom stereocenters. The monoisotopic (exact) mass is 440 g/mol. The first kappa shape index (κ1) is 19.0. The summed E-state index contributed by atoms with van der Waals surface area (Å²) in [6.07, 6.45) is 3.80. The third kappa shape index (κ3) is 3.52. The van der Waals surface area contributed by atoms with Crippen molar-refractivity contribution in [2.24, 2.45) is 0 Å². The number of nitrogens with one attached hydrogen (secondary N) is 1. The number of nitrogens with two attached hydrogens (primary N) is 1. The molecule has 0 atom stereocenters. The lowest BCUT2D eigenvalue weighted by molar-refractivity contribution is -0.113. The van der Waals surface area contributed by atoms with E-state index in [1.807, 2.05) is 12.1 Å². The first-order valence-corrected chi connectivity index (χ1v) is 11.2. The molecule has 1 aliphatic carbocycles. The van der Waals surface area contributed by atoms with E-state index in [4.69, 9.17) is 5.73 Å². The number of anilines is 2. The van der Waals surface area contributed by atoms with Crippen molar-refractivity contribution in [1.29, 1.82) is 0 Å². The van der Waals surface area contributed by atoms with E-state index in [-0.39, 0.29) is 17.3 Å². The predicted molar refractivity (Wildman–Crippen MR) is 117 cm³/mol. The summed E-state index contributed by atoms with van der Waals surface area (Å²) in [6.45, 7) is 0. The second-order valence-corrected chi connectivity index (χ2v) is 8.87. The number of carbonyl (C=O) groups excluding carboxylic acids is 1. The Morgan fingerprint density at radius 3 is 2.87 bits per heavy atom. The van der Waals surface area contributed by atoms with E-state index in [0.717, 1.165) is 27.9 Å². The molecule has 1 fully saturated rings. The molecule has 1 saturated carbocycles. The topological polar surface area (TPSA) is 98.7 Å². The molecule has 7 nitrogen and oxygen atoms in total. The third-order valence-corrected chi connectivity index (χ3v) is 6.83. The minimum Gasteiger partial charge on any atom is -0.397 e. The summed E-state index contributed by atoms with van der Waals surface area (Å²) in [5.74, 6) is 0.0357. The minimum atomic E-state index is -0.465. The van der Waals surface area contributed by atoms with Crippen molar-refractivity contribution >= 4 is 50.6 Å². The quantitative estimate of drug-likeness (QED) is 0.433. The normalized spacial score (nSPS) is 13.6. The Bertz CT molecular complexity index is 1250. The summed E-state index contributed by atoms with van der Waals surface area (Å²) < 4.78 is 15.8. The predicted octanol–water partition coefficient (Wildman–Crippen LogP) is 4.34. The number of hydrogen-bond acceptors (Lipinski definition) is 7. The van der Waals surface area contributed by atoms with Crippen LogP contribution in [0.3, 0.4) is 0 Å². The fourth-order valence-electron chi connectivity index (χ4n) is 3.19. The van der Waals surface area contributed by atoms with E-state index in [1.165, 1.54) is 35.2 Å². The zero-order valence-electron chi connectivity index (χ0n) is 15.7. The Morgan fingerprint density at radius 2 is 2.10 bits per heavy atom. The van der Waals surface area contributed by atoms with Gasteiger partial charge in [-0.2, -0.15) is 0 Å². The van der Waals surface area contributed by atoms with Gasteiger partial charge in [0.2, 0.25) is 5.91 Å². The fraction of sp³-hybridized carbons (Fsp3) is 0.200. The number of para-hydroxylation sites is 1. The van der Waals surface area contributed by atoms with Gasteiger partial charge in [-0.3, -0.25) is 9.36 Å². The summed E-state index contributed by atoms with van der Waals surface area (Å²) in [4.78, 5) is 18.4. The molecule has 0 saturated heterocycles. The standard InChI is InChI=1S/C20H17FN6OS2/c21-13-5-1-2-6-14(13)24-15(28)10-29-20-26-25-18(27(20)11-7-8-11)17-16(22)12-4-3-9-23-19(12)30-17/h1-6,9,11H,7-8,10,22H2,(H,24,28). The average molecular weight is 441 g/mol. The van der Waals surface area contributed by atoms with Crippen LogP contribution in [0.25, 0.3) is 20.9 Å². The number of hydrogen-bond donors (Lipinski definition) is 2. The summed E-state index contributed by atoms with van der Waals surface area (Å²) in [5.41, 5.74) is 7.18. The van der Waals surface area contributed by atoms with Crippen LogP contribution in [-0.4, -0.2) is 31.4 Å². The van der Waals surface area contributed by atoms with Crippen LogP contribution in [0.1, 0.15) is 18.9 Å². The smallest absolute Gasteiger partial charge is 0.234 e. The minimum absolute atomic E-state index is 0.0998. The van der Waals surface area contributed by atoms with E-state index < -0.39 is 5.82 Å². The highest BCUT2D eigenvalue weighted by Crippen LogP contribution is 2.45. The van der Waals surface area contributed by atoms with E-state index >= 15 is 0 Å². The van der Waals surface area contributed by atoms with Gasteiger partial charge in [0.1, 0.15) is 10.6 Å². The molecule has 3 N–H and O–H groups in total. The van der Waals surface area contributed by atoms with Crippen LogP contribution in [-0.2, 0) is 4.79 Å². The molecule has 1 aliphatic rings. The first-order valence-electron chi connectivity index (χ1n) is 9.37. The maximum atomic E-state index is 13.7. The second kappa shape index (κ2) is 7.69. The van der Waals surface area contributed by atoms with Crippen molar-refractivity contribution < 1.29 is 9.18 Å². The SMILES string of the molecule is Nc1c(-c2nnc(SCC(=O)Nc3ccccc3F)n2C2CC2)sc2ncccc12. The number of thiophene rings is 1. The van der Waals surface area contributed by atoms with Crippen molar-refractivity contribution in [1.82, 2.24) is 19.7 Å². The van der Waals surface area contributed by atoms with Crippen LogP contribution in [0.2, 0.25) is 0 Å². The lowest BCUT2D eigenvalue weighted by atomic mass is 10.2. The Kier molecular flexibility index (Phi) is 4.87. The maximum absolute atomic E-state index is 13.7. The average Bonchev–Trinajstić information content (AvgIpc) is 3.42. The van der Waals surface area contributed by atoms with Crippen LogP contribution in [0.4, 0.5) is 15.8 Å². The van der Waals surface area contributed by atoms with Crippen LogP contribution in [0, 0.1) is 5.82 Å². The van der Waals surface area contributed by atoms with Crippen molar-refractivity contribution in [3.63, 3.8) is 0 Å². The lowest BCUT2D eigenvalue weighted by Gasteiger charge is -2.09. The molecule has 3 aromatic heterocycles. The number of amides is 1. The number of nitrogen functional groups attached to an aromatic ring is 1. The highest BCUT2D eigenvalue weighted by Gasteiger charge is 2.32. The van der Waals surface area contributed by atoms with E-state index in [0.29, 0.717) is 22.7 Å². The number of pyridine rings is 1. The molecule has 10 heteroatoms. The van der Waals surface area contributed by atoms with Gasteiger partial charge in [-0.1, -0.05) is 23.9 Å². The Morgan fingerprint density at radius 1 is 1.27 bits per heavy atom. The van der Waals surface area contributed by atoms with E-state index in [2.05, 4.69) is 25.1 Å². The van der Waals surface area contributed by atoms with Gasteiger partial charge in [-0.25, -0.2) is 9.37 Å². The van der Waals surface area contributed by atoms with Crippen LogP contribution in [0.5, 0.6) is 0 Å². The number of aromatic nitrogens is 4. The Hall–Kier alpha value is -2.98. The molecule has 1 amide bonds. The number of thioether (sulfide) groups is 1. The van der Waals surface area contributed by atoms with E-state index in [1.54, 1.807) is 18.3 Å². The van der Waals surface area contributed by atoms with Gasteiger partial charge in [0.15, 0.2) is 11.0 Å². The Labute approximate surface area is 179 Å². The zero-order valence-corrected chi connectivity index (χ0v) is 17.3. The maximum Gasteiger partial charge on any atom is 0.234 e. The molecule has 4 aromatic rings. The number of nitrogens with zero attached hydrogens (tertiary/aromatic N) is 4. The molecular formula is C20H17FN6OS2. The lowest BCUT2D eigenvalue weighted by Crippen LogP contribution is -2.15. The molecule has 0 radical (unpaired) electrons. The highest BCUT2D eigenvalue weighted by atomic mass is 32.2. The summed E-state index contributed by atoms with van der Waals surface area (Å²) in [7, 11) is 0. The molecule has 152 valence electrons. The third-order valence-electron chi connectivity index (χ3n) is 4.76. The number of halogens is 1. The molecule has 5 rings (SSSR count). The van der Waals surface area contributed by atoms with Gasteiger partial charge in [0.25, 0.3) is 0 Å². The molecule has 1 aromatic carbocycles. The fourth-order valence-corrected chi connectivity index (χ4v) is 5.04. The van der Waals surface area contributed by atoms with Crippen molar-refractivity contribution in [3.05, 3.63) is 48.4 Å². The number of rotatable bonds is 6. The molecule has 30 heavy (non-hydrogen) atoms. The Balaban J connectivity index is 1.39. The van der Waals surface area contributed by atoms with Crippen molar-refractivity contribution in [2.75, 3.05) is 16.8 Å². The number of fused-ring (bicyclic) bond motifs is 1. The molecular weight excluding hydrogens is 423 g/mol. The van der Waals surface area contributed by atoms with Gasteiger partial charge in [0, 0.05) is 17.6 Å². The van der Waals surface area contributed by atoms with Gasteiger partial charge >= 0.3 is 0 Å². The van der Waals surface area contributed by atoms with Crippen LogP contribution in [0.15, 0.2) is 47.8 Å². The second-order valence-electron chi connectivity index (χ2n) is 6.93. The first-order chi connectivity index (χ1) is 14.6. The number of carbonyl (C=O) groups is 1. The van der Waals surface area contributed by atoms with Crippen LogP contribution >= 0.6 is 23.1 Å². The zero-order chi connectivity index (χ0) is 20.7. The van der Waals surface area contributed by atoms with Crippen molar-refractivity contribution in [2.45, 2.75) is 24.0 Å². The summed E-state index contributed by atoms with van der Waals surface area (Å²) in [6, 6.07) is 10.2. The largest absolute Gasteiger partial charge is 0.397 e. The van der Waals surface area contributed by atoms with Crippen LogP contribution < -0.4 is 11.1 Å². The van der Waals surface area contributed by atoms with Gasteiger partial charge in [-0.15, -0.1) is 21.5 Å². The summed E-state index contributed by atoms with van der Waals surface area (Å²) >= 11 is 2.77. The van der Waals surface area contributed by atoms with Crippen molar-refractivity contribution in [3.8, 4) is 10.7 Å². The molecule has 0 aliphatic heterocycles. The van der Waals surface area contributed by atoms with Gasteiger partial charge < -0.3 is 11.1 Å². The molecule has 0 spiro atoms. The molecule has 0 bridgehead atoms.